The van der Waals surface area contributed by atoms with Crippen LogP contribution in [0, 0.1) is 6.07 Å². The van der Waals surface area contributed by atoms with E-state index < -0.39 is 0 Å². The lowest BCUT2D eigenvalue weighted by Crippen LogP contribution is -2.04. The summed E-state index contributed by atoms with van der Waals surface area (Å²) in [6, 6.07) is 15.1. The van der Waals surface area contributed by atoms with E-state index >= 15 is 0 Å². The van der Waals surface area contributed by atoms with E-state index in [0.717, 1.165) is 11.1 Å². The van der Waals surface area contributed by atoms with Gasteiger partial charge in [0.1, 0.15) is 12.4 Å². The van der Waals surface area contributed by atoms with Gasteiger partial charge in [-0.05, 0) is 11.5 Å². The summed E-state index contributed by atoms with van der Waals surface area (Å²) in [5.41, 5.74) is 0. The minimum Gasteiger partial charge on any atom is -0.490 e. The van der Waals surface area contributed by atoms with Gasteiger partial charge >= 0.3 is 0 Å². The Kier molecular flexibility index (Phi) is 3.20. The van der Waals surface area contributed by atoms with Gasteiger partial charge in [0.2, 0.25) is 0 Å². The Morgan fingerprint density at radius 1 is 1.13 bits per heavy atom. The summed E-state index contributed by atoms with van der Waals surface area (Å²) in [7, 11) is 1.66. The molecule has 0 bridgehead atoms. The normalized spacial score (nSPS) is 10.5. The van der Waals surface area contributed by atoms with Crippen LogP contribution in [-0.4, -0.2) is 20.3 Å². The highest BCUT2D eigenvalue weighted by atomic mass is 16.5. The fraction of sp³-hybridized carbons (Fsp3) is 0.231. The fourth-order valence-electron chi connectivity index (χ4n) is 1.48. The van der Waals surface area contributed by atoms with Crippen molar-refractivity contribution in [2.45, 2.75) is 0 Å². The van der Waals surface area contributed by atoms with Gasteiger partial charge in [-0.2, -0.15) is 0 Å². The first kappa shape index (κ1) is 9.99. The molecule has 2 nitrogen and oxygen atoms in total. The molecule has 1 radical (unpaired) electrons. The van der Waals surface area contributed by atoms with E-state index in [1.54, 1.807) is 7.11 Å². The molecule has 0 heterocycles. The predicted octanol–water partition coefficient (Wildman–Crippen LogP) is 2.67. The van der Waals surface area contributed by atoms with Crippen LogP contribution in [0.4, 0.5) is 0 Å². The van der Waals surface area contributed by atoms with Crippen LogP contribution in [0.3, 0.4) is 0 Å². The molecule has 0 unspecified atom stereocenters. The second-order valence-electron chi connectivity index (χ2n) is 3.24. The first-order valence-electron chi connectivity index (χ1n) is 4.93. The Morgan fingerprint density at radius 3 is 2.87 bits per heavy atom. The molecule has 0 aliphatic rings. The summed E-state index contributed by atoms with van der Waals surface area (Å²) in [6.07, 6.45) is 0. The average molecular weight is 201 g/mol. The minimum atomic E-state index is 0.557. The highest BCUT2D eigenvalue weighted by molar-refractivity contribution is 5.87. The maximum atomic E-state index is 5.58. The third kappa shape index (κ3) is 2.28. The first-order chi connectivity index (χ1) is 7.42. The zero-order chi connectivity index (χ0) is 10.5. The van der Waals surface area contributed by atoms with Crippen LogP contribution in [0.25, 0.3) is 10.8 Å². The van der Waals surface area contributed by atoms with Crippen LogP contribution in [0.1, 0.15) is 0 Å². The molecule has 77 valence electrons. The molecule has 0 fully saturated rings. The number of methoxy groups -OCH3 is 1. The topological polar surface area (TPSA) is 18.5 Å². The van der Waals surface area contributed by atoms with Crippen molar-refractivity contribution in [3.8, 4) is 5.75 Å². The summed E-state index contributed by atoms with van der Waals surface area (Å²) in [6.45, 7) is 1.15. The fourth-order valence-corrected chi connectivity index (χ4v) is 1.48. The van der Waals surface area contributed by atoms with Crippen molar-refractivity contribution >= 4 is 10.8 Å². The molecule has 15 heavy (non-hydrogen) atoms. The largest absolute Gasteiger partial charge is 0.490 e. The summed E-state index contributed by atoms with van der Waals surface area (Å²) in [5.74, 6) is 0.796. The smallest absolute Gasteiger partial charge is 0.135 e. The molecular weight excluding hydrogens is 188 g/mol. The minimum absolute atomic E-state index is 0.557. The van der Waals surface area contributed by atoms with Crippen molar-refractivity contribution in [2.24, 2.45) is 0 Å². The van der Waals surface area contributed by atoms with Gasteiger partial charge in [-0.25, -0.2) is 0 Å². The van der Waals surface area contributed by atoms with E-state index in [-0.39, 0.29) is 0 Å². The zero-order valence-corrected chi connectivity index (χ0v) is 8.69. The predicted molar refractivity (Wildman–Crippen MR) is 60.2 cm³/mol. The highest BCUT2D eigenvalue weighted by Crippen LogP contribution is 2.24. The number of rotatable bonds is 4. The third-order valence-electron chi connectivity index (χ3n) is 2.22. The molecule has 0 aliphatic heterocycles. The molecule has 0 amide bonds. The van der Waals surface area contributed by atoms with Crippen molar-refractivity contribution in [2.75, 3.05) is 20.3 Å². The van der Waals surface area contributed by atoms with Crippen LogP contribution in [0.2, 0.25) is 0 Å². The molecule has 0 atom stereocenters. The van der Waals surface area contributed by atoms with Crippen LogP contribution in [0.5, 0.6) is 5.75 Å². The second kappa shape index (κ2) is 4.80. The molecule has 0 N–H and O–H groups in total. The lowest BCUT2D eigenvalue weighted by Gasteiger charge is -2.07. The summed E-state index contributed by atoms with van der Waals surface area (Å²) in [5, 5.41) is 2.26. The van der Waals surface area contributed by atoms with Gasteiger partial charge in [-0.3, -0.25) is 0 Å². The second-order valence-corrected chi connectivity index (χ2v) is 3.24. The van der Waals surface area contributed by atoms with Gasteiger partial charge in [-0.15, -0.1) is 0 Å². The first-order valence-corrected chi connectivity index (χ1v) is 4.93. The molecule has 2 aromatic rings. The maximum Gasteiger partial charge on any atom is 0.135 e. The number of hydrogen-bond donors (Lipinski definition) is 0. The molecule has 0 saturated carbocycles. The van der Waals surface area contributed by atoms with Crippen molar-refractivity contribution in [3.05, 3.63) is 42.5 Å². The Labute approximate surface area is 89.4 Å². The van der Waals surface area contributed by atoms with Gasteiger partial charge in [0, 0.05) is 18.6 Å². The summed E-state index contributed by atoms with van der Waals surface area (Å²) >= 11 is 0. The van der Waals surface area contributed by atoms with E-state index in [1.807, 2.05) is 30.3 Å². The van der Waals surface area contributed by atoms with Crippen LogP contribution in [-0.2, 0) is 4.74 Å². The maximum absolute atomic E-state index is 5.58. The molecule has 2 aromatic carbocycles. The van der Waals surface area contributed by atoms with E-state index in [0.29, 0.717) is 13.2 Å². The van der Waals surface area contributed by atoms with Crippen molar-refractivity contribution in [3.63, 3.8) is 0 Å². The van der Waals surface area contributed by atoms with E-state index in [9.17, 15) is 0 Å². The van der Waals surface area contributed by atoms with E-state index in [2.05, 4.69) is 12.1 Å². The number of ether oxygens (including phenoxy) is 2. The van der Waals surface area contributed by atoms with Crippen LogP contribution >= 0.6 is 0 Å². The van der Waals surface area contributed by atoms with Crippen molar-refractivity contribution < 1.29 is 9.47 Å². The number of hydrogen-bond acceptors (Lipinski definition) is 2. The quantitative estimate of drug-likeness (QED) is 0.708. The number of benzene rings is 2. The van der Waals surface area contributed by atoms with E-state index in [1.165, 1.54) is 5.39 Å². The Bertz CT molecular complexity index is 432. The Hall–Kier alpha value is -1.54. The molecule has 2 rings (SSSR count). The highest BCUT2D eigenvalue weighted by Gasteiger charge is 2.00. The van der Waals surface area contributed by atoms with Crippen LogP contribution < -0.4 is 4.74 Å². The standard InChI is InChI=1S/C13H13O2/c1-14-9-10-15-13-8-4-6-11-5-2-3-7-12(11)13/h2-7H,9-10H2,1H3. The summed E-state index contributed by atoms with van der Waals surface area (Å²) in [4.78, 5) is 0. The average Bonchev–Trinajstić information content (AvgIpc) is 2.30. The molecule has 0 spiro atoms. The van der Waals surface area contributed by atoms with Gasteiger partial charge in [0.15, 0.2) is 0 Å². The number of fused-ring (bicyclic) bond motifs is 1. The molecule has 0 saturated heterocycles. The van der Waals surface area contributed by atoms with Gasteiger partial charge < -0.3 is 9.47 Å². The van der Waals surface area contributed by atoms with Gasteiger partial charge in [-0.1, -0.05) is 30.3 Å². The molecule has 0 aliphatic carbocycles. The monoisotopic (exact) mass is 201 g/mol. The zero-order valence-electron chi connectivity index (χ0n) is 8.69. The Balaban J connectivity index is 2.26. The van der Waals surface area contributed by atoms with Crippen molar-refractivity contribution in [1.82, 2.24) is 0 Å². The molecule has 2 heteroatoms. The van der Waals surface area contributed by atoms with Gasteiger partial charge in [0.05, 0.1) is 6.61 Å². The SMILES string of the molecule is COCCOc1[c]ccc2ccccc12. The lowest BCUT2D eigenvalue weighted by molar-refractivity contribution is 0.147. The molecular formula is C13H13O2. The van der Waals surface area contributed by atoms with Crippen molar-refractivity contribution in [1.29, 1.82) is 0 Å². The summed E-state index contributed by atoms with van der Waals surface area (Å²) < 4.78 is 10.5. The Morgan fingerprint density at radius 2 is 2.00 bits per heavy atom. The van der Waals surface area contributed by atoms with E-state index in [4.69, 9.17) is 9.47 Å². The van der Waals surface area contributed by atoms with Crippen LogP contribution in [0.15, 0.2) is 36.4 Å². The molecule has 0 aromatic heterocycles. The third-order valence-corrected chi connectivity index (χ3v) is 2.22. The van der Waals surface area contributed by atoms with Gasteiger partial charge in [0.25, 0.3) is 0 Å². The lowest BCUT2D eigenvalue weighted by atomic mass is 10.1.